The molecular formula is C21H18FN5OS. The molecule has 0 N–H and O–H groups in total. The Kier molecular flexibility index (Phi) is 5.53. The van der Waals surface area contributed by atoms with Gasteiger partial charge >= 0.3 is 0 Å². The first-order chi connectivity index (χ1) is 14.1. The van der Waals surface area contributed by atoms with Crippen molar-refractivity contribution < 1.29 is 9.18 Å². The molecule has 6 nitrogen and oxygen atoms in total. The first-order valence-corrected chi connectivity index (χ1v) is 9.96. The van der Waals surface area contributed by atoms with Crippen molar-refractivity contribution in [2.45, 2.75) is 11.6 Å². The summed E-state index contributed by atoms with van der Waals surface area (Å²) in [6.07, 6.45) is 3.11. The third kappa shape index (κ3) is 4.27. The predicted molar refractivity (Wildman–Crippen MR) is 110 cm³/mol. The number of benzene rings is 2. The van der Waals surface area contributed by atoms with Crippen LogP contribution in [0.1, 0.15) is 5.56 Å². The summed E-state index contributed by atoms with van der Waals surface area (Å²) >= 11 is 1.35. The van der Waals surface area contributed by atoms with Crippen molar-refractivity contribution >= 4 is 28.7 Å². The Morgan fingerprint density at radius 3 is 2.62 bits per heavy atom. The second-order valence-electron chi connectivity index (χ2n) is 6.47. The number of hydrogen-bond acceptors (Lipinski definition) is 5. The Morgan fingerprint density at radius 1 is 1.10 bits per heavy atom. The Bertz CT molecular complexity index is 1130. The van der Waals surface area contributed by atoms with Crippen molar-refractivity contribution in [1.29, 1.82) is 0 Å². The van der Waals surface area contributed by atoms with Gasteiger partial charge in [0, 0.05) is 13.6 Å². The third-order valence-corrected chi connectivity index (χ3v) is 5.41. The minimum atomic E-state index is -0.311. The van der Waals surface area contributed by atoms with Crippen LogP contribution in [0, 0.1) is 5.82 Å². The number of aromatic nitrogens is 4. The molecule has 4 rings (SSSR count). The molecule has 0 saturated carbocycles. The Morgan fingerprint density at radius 2 is 1.86 bits per heavy atom. The number of fused-ring (bicyclic) bond motifs is 1. The molecule has 0 spiro atoms. The summed E-state index contributed by atoms with van der Waals surface area (Å²) < 4.78 is 14.8. The zero-order chi connectivity index (χ0) is 20.2. The van der Waals surface area contributed by atoms with Gasteiger partial charge in [-0.1, -0.05) is 42.1 Å². The van der Waals surface area contributed by atoms with E-state index in [1.54, 1.807) is 35.0 Å². The van der Waals surface area contributed by atoms with Gasteiger partial charge in [-0.3, -0.25) is 4.79 Å². The van der Waals surface area contributed by atoms with E-state index in [-0.39, 0.29) is 17.5 Å². The molecule has 4 aromatic rings. The maximum absolute atomic E-state index is 13.2. The second kappa shape index (κ2) is 8.40. The lowest BCUT2D eigenvalue weighted by atomic mass is 10.2. The quantitative estimate of drug-likeness (QED) is 0.360. The summed E-state index contributed by atoms with van der Waals surface area (Å²) in [4.78, 5) is 22.8. The molecule has 2 aromatic heterocycles. The SMILES string of the molecule is CN(Cc1ccccc1)C(=O)CSc1ncnc2c1cnn2-c1ccc(F)cc1. The number of nitrogens with zero attached hydrogens (tertiary/aromatic N) is 5. The van der Waals surface area contributed by atoms with Gasteiger partial charge in [0.25, 0.3) is 0 Å². The van der Waals surface area contributed by atoms with E-state index in [0.717, 1.165) is 10.9 Å². The van der Waals surface area contributed by atoms with E-state index in [1.807, 2.05) is 30.3 Å². The lowest BCUT2D eigenvalue weighted by molar-refractivity contribution is -0.127. The van der Waals surface area contributed by atoms with Crippen molar-refractivity contribution in [2.75, 3.05) is 12.8 Å². The molecule has 0 unspecified atom stereocenters. The lowest BCUT2D eigenvalue weighted by Gasteiger charge is -2.17. The van der Waals surface area contributed by atoms with Gasteiger partial charge in [-0.2, -0.15) is 5.10 Å². The first kappa shape index (κ1) is 19.1. The lowest BCUT2D eigenvalue weighted by Crippen LogP contribution is -2.27. The summed E-state index contributed by atoms with van der Waals surface area (Å²) in [6.45, 7) is 0.557. The molecule has 146 valence electrons. The Balaban J connectivity index is 1.48. The van der Waals surface area contributed by atoms with E-state index in [1.165, 1.54) is 30.2 Å². The molecule has 0 aliphatic rings. The van der Waals surface area contributed by atoms with E-state index < -0.39 is 0 Å². The molecule has 0 aliphatic carbocycles. The first-order valence-electron chi connectivity index (χ1n) is 8.97. The number of halogens is 1. The van der Waals surface area contributed by atoms with Crippen LogP contribution in [0.15, 0.2) is 72.1 Å². The molecule has 2 aromatic carbocycles. The predicted octanol–water partition coefficient (Wildman–Crippen LogP) is 3.71. The molecule has 0 radical (unpaired) electrons. The van der Waals surface area contributed by atoms with Crippen LogP contribution in [0.25, 0.3) is 16.7 Å². The van der Waals surface area contributed by atoms with Gasteiger partial charge in [0.1, 0.15) is 17.2 Å². The van der Waals surface area contributed by atoms with Crippen molar-refractivity contribution in [1.82, 2.24) is 24.6 Å². The highest BCUT2D eigenvalue weighted by Crippen LogP contribution is 2.26. The van der Waals surface area contributed by atoms with Crippen molar-refractivity contribution in [3.8, 4) is 5.69 Å². The molecule has 0 bridgehead atoms. The average molecular weight is 407 g/mol. The van der Waals surface area contributed by atoms with Crippen LogP contribution >= 0.6 is 11.8 Å². The van der Waals surface area contributed by atoms with E-state index in [0.29, 0.717) is 22.9 Å². The standard InChI is InChI=1S/C21H18FN5OS/c1-26(12-15-5-3-2-4-6-15)19(28)13-29-21-18-11-25-27(20(18)23-14-24-21)17-9-7-16(22)8-10-17/h2-11,14H,12-13H2,1H3. The Labute approximate surface area is 171 Å². The molecule has 0 aliphatic heterocycles. The average Bonchev–Trinajstić information content (AvgIpc) is 3.18. The van der Waals surface area contributed by atoms with Crippen LogP contribution < -0.4 is 0 Å². The van der Waals surface area contributed by atoms with Crippen LogP contribution in [0.4, 0.5) is 4.39 Å². The highest BCUT2D eigenvalue weighted by molar-refractivity contribution is 8.00. The zero-order valence-corrected chi connectivity index (χ0v) is 16.5. The van der Waals surface area contributed by atoms with Gasteiger partial charge in [0.2, 0.25) is 5.91 Å². The number of amides is 1. The van der Waals surface area contributed by atoms with Crippen molar-refractivity contribution in [3.63, 3.8) is 0 Å². The normalized spacial score (nSPS) is 11.0. The summed E-state index contributed by atoms with van der Waals surface area (Å²) in [5.74, 6) is -0.0391. The smallest absolute Gasteiger partial charge is 0.233 e. The molecule has 8 heteroatoms. The summed E-state index contributed by atoms with van der Waals surface area (Å²) in [6, 6.07) is 15.9. The molecule has 0 atom stereocenters. The van der Waals surface area contributed by atoms with Crippen LogP contribution in [-0.4, -0.2) is 43.4 Å². The number of carbonyl (C=O) groups is 1. The van der Waals surface area contributed by atoms with Crippen LogP contribution in [0.3, 0.4) is 0 Å². The minimum Gasteiger partial charge on any atom is -0.341 e. The molecule has 0 saturated heterocycles. The molecule has 29 heavy (non-hydrogen) atoms. The van der Waals surface area contributed by atoms with Gasteiger partial charge in [0.15, 0.2) is 5.65 Å². The number of carbonyl (C=O) groups excluding carboxylic acids is 1. The van der Waals surface area contributed by atoms with Gasteiger partial charge < -0.3 is 4.90 Å². The van der Waals surface area contributed by atoms with Gasteiger partial charge in [-0.25, -0.2) is 19.0 Å². The fourth-order valence-electron chi connectivity index (χ4n) is 2.89. The van der Waals surface area contributed by atoms with E-state index in [4.69, 9.17) is 0 Å². The monoisotopic (exact) mass is 407 g/mol. The van der Waals surface area contributed by atoms with E-state index in [2.05, 4.69) is 15.1 Å². The fraction of sp³-hybridized carbons (Fsp3) is 0.143. The summed E-state index contributed by atoms with van der Waals surface area (Å²) in [7, 11) is 1.79. The van der Waals surface area contributed by atoms with Gasteiger partial charge in [-0.15, -0.1) is 0 Å². The largest absolute Gasteiger partial charge is 0.341 e. The minimum absolute atomic E-state index is 0.0107. The zero-order valence-electron chi connectivity index (χ0n) is 15.7. The van der Waals surface area contributed by atoms with Crippen molar-refractivity contribution in [3.05, 3.63) is 78.5 Å². The van der Waals surface area contributed by atoms with Crippen LogP contribution in [0.2, 0.25) is 0 Å². The summed E-state index contributed by atoms with van der Waals surface area (Å²) in [5.41, 5.74) is 2.40. The highest BCUT2D eigenvalue weighted by Gasteiger charge is 2.15. The highest BCUT2D eigenvalue weighted by atomic mass is 32.2. The maximum Gasteiger partial charge on any atom is 0.233 e. The van der Waals surface area contributed by atoms with E-state index >= 15 is 0 Å². The van der Waals surface area contributed by atoms with Crippen LogP contribution in [0.5, 0.6) is 0 Å². The molecule has 0 fully saturated rings. The molecule has 1 amide bonds. The Hall–Kier alpha value is -3.26. The number of thioether (sulfide) groups is 1. The van der Waals surface area contributed by atoms with Gasteiger partial charge in [0.05, 0.1) is 23.0 Å². The molecule has 2 heterocycles. The maximum atomic E-state index is 13.2. The van der Waals surface area contributed by atoms with Gasteiger partial charge in [-0.05, 0) is 29.8 Å². The summed E-state index contributed by atoms with van der Waals surface area (Å²) in [5, 5.41) is 5.79. The van der Waals surface area contributed by atoms with Crippen molar-refractivity contribution in [2.24, 2.45) is 0 Å². The number of hydrogen-bond donors (Lipinski definition) is 0. The number of rotatable bonds is 6. The third-order valence-electron chi connectivity index (χ3n) is 4.42. The van der Waals surface area contributed by atoms with E-state index in [9.17, 15) is 9.18 Å². The molecular weight excluding hydrogens is 389 g/mol. The fourth-order valence-corrected chi connectivity index (χ4v) is 3.80. The topological polar surface area (TPSA) is 63.9 Å². The second-order valence-corrected chi connectivity index (χ2v) is 7.44. The van der Waals surface area contributed by atoms with Crippen LogP contribution in [-0.2, 0) is 11.3 Å².